The van der Waals surface area contributed by atoms with E-state index in [-0.39, 0.29) is 8.69 Å². The molecule has 29 heavy (non-hydrogen) atoms. The van der Waals surface area contributed by atoms with E-state index in [1.165, 1.54) is 0 Å². The van der Waals surface area contributed by atoms with E-state index in [2.05, 4.69) is 78.9 Å². The lowest BCUT2D eigenvalue weighted by molar-refractivity contribution is 0.263. The van der Waals surface area contributed by atoms with E-state index in [0.717, 1.165) is 16.7 Å². The summed E-state index contributed by atoms with van der Waals surface area (Å²) < 4.78 is 16.2. The van der Waals surface area contributed by atoms with Gasteiger partial charge in [-0.05, 0) is 22.8 Å². The number of benzene rings is 3. The molecular formula is C25H22NO2P. The number of rotatable bonds is 8. The normalized spacial score (nSPS) is 18.3. The Labute approximate surface area is 173 Å². The molecule has 1 atom stereocenters. The summed E-state index contributed by atoms with van der Waals surface area (Å²) in [4.78, 5) is 5.02. The van der Waals surface area contributed by atoms with Gasteiger partial charge < -0.3 is 0 Å². The highest BCUT2D eigenvalue weighted by Crippen LogP contribution is 2.52. The van der Waals surface area contributed by atoms with Crippen LogP contribution in [0.3, 0.4) is 0 Å². The predicted octanol–water partition coefficient (Wildman–Crippen LogP) is 6.01. The van der Waals surface area contributed by atoms with Gasteiger partial charge in [0.25, 0.3) is 0 Å². The summed E-state index contributed by atoms with van der Waals surface area (Å²) >= 11 is 0. The Morgan fingerprint density at radius 1 is 0.793 bits per heavy atom. The van der Waals surface area contributed by atoms with Gasteiger partial charge in [-0.3, -0.25) is 9.52 Å². The van der Waals surface area contributed by atoms with Crippen LogP contribution in [0, 0.1) is 0 Å². The number of hydrogen-bond acceptors (Lipinski definition) is 3. The van der Waals surface area contributed by atoms with Crippen molar-refractivity contribution >= 4 is 14.9 Å². The fourth-order valence-electron chi connectivity index (χ4n) is 4.53. The molecule has 0 aromatic heterocycles. The molecule has 1 unspecified atom stereocenters. The third kappa shape index (κ3) is 3.37. The average molecular weight is 399 g/mol. The number of aliphatic imine (C=N–C) groups is 1. The van der Waals surface area contributed by atoms with Crippen molar-refractivity contribution in [3.63, 3.8) is 0 Å². The van der Waals surface area contributed by atoms with E-state index in [0.29, 0.717) is 13.0 Å². The minimum atomic E-state index is -0.609. The van der Waals surface area contributed by atoms with E-state index in [4.69, 9.17) is 9.52 Å². The molecule has 0 bridgehead atoms. The average Bonchev–Trinajstić information content (AvgIpc) is 3.27. The molecule has 1 aliphatic rings. The first-order valence-electron chi connectivity index (χ1n) is 9.68. The van der Waals surface area contributed by atoms with E-state index in [1.807, 2.05) is 30.5 Å². The van der Waals surface area contributed by atoms with Crippen LogP contribution in [-0.4, -0.2) is 18.4 Å². The molecule has 0 aliphatic carbocycles. The molecule has 3 aromatic carbocycles. The third-order valence-electron chi connectivity index (χ3n) is 5.66. The van der Waals surface area contributed by atoms with E-state index >= 15 is 0 Å². The Balaban J connectivity index is 2.06. The first kappa shape index (κ1) is 19.4. The van der Waals surface area contributed by atoms with E-state index < -0.39 is 11.0 Å². The van der Waals surface area contributed by atoms with Crippen LogP contribution in [0.1, 0.15) is 23.1 Å². The molecule has 3 aromatic rings. The molecule has 0 fully saturated rings. The van der Waals surface area contributed by atoms with E-state index in [1.54, 1.807) is 0 Å². The van der Waals surface area contributed by atoms with Crippen molar-refractivity contribution < 1.29 is 9.09 Å². The van der Waals surface area contributed by atoms with Crippen molar-refractivity contribution in [2.75, 3.05) is 6.61 Å². The van der Waals surface area contributed by atoms with Gasteiger partial charge in [-0.15, -0.1) is 0 Å². The molecule has 0 spiro atoms. The molecule has 0 amide bonds. The molecule has 0 saturated heterocycles. The molecule has 3 nitrogen and oxygen atoms in total. The Kier molecular flexibility index (Phi) is 5.80. The molecule has 0 N–H and O–H groups in total. The van der Waals surface area contributed by atoms with Gasteiger partial charge in [0.1, 0.15) is 0 Å². The highest BCUT2D eigenvalue weighted by Gasteiger charge is 2.53. The van der Waals surface area contributed by atoms with Crippen LogP contribution in [0.15, 0.2) is 108 Å². The second-order valence-corrected chi connectivity index (χ2v) is 7.47. The lowest BCUT2D eigenvalue weighted by atomic mass is 9.57. The summed E-state index contributed by atoms with van der Waals surface area (Å²) in [6.07, 6.45) is 6.61. The summed E-state index contributed by atoms with van der Waals surface area (Å²) in [5.74, 6) is 0. The minimum Gasteiger partial charge on any atom is -0.294 e. The summed E-state index contributed by atoms with van der Waals surface area (Å²) in [5.41, 5.74) is 2.29. The SMILES string of the molecule is O=POCCC1(C(c2ccccc2)(c2ccccc2)c2ccccc2)C=CC=N1. The van der Waals surface area contributed by atoms with Crippen LogP contribution >= 0.6 is 8.69 Å². The standard InChI is InChI=1S/C25H22NO2P/c27-29-28-20-18-24(17-10-19-26-24)25(21-11-4-1-5-12-21,22-13-6-2-7-14-22)23-15-8-3-9-16-23/h1-17,19H,18,20H2. The van der Waals surface area contributed by atoms with E-state index in [9.17, 15) is 4.57 Å². The van der Waals surface area contributed by atoms with Crippen LogP contribution in [0.25, 0.3) is 0 Å². The lowest BCUT2D eigenvalue weighted by Crippen LogP contribution is -2.51. The zero-order valence-electron chi connectivity index (χ0n) is 16.0. The first-order valence-corrected chi connectivity index (χ1v) is 10.4. The van der Waals surface area contributed by atoms with Gasteiger partial charge in [-0.2, -0.15) is 0 Å². The van der Waals surface area contributed by atoms with Gasteiger partial charge in [0.05, 0.1) is 17.6 Å². The van der Waals surface area contributed by atoms with Gasteiger partial charge in [-0.25, -0.2) is 4.57 Å². The molecule has 4 heteroatoms. The number of nitrogens with zero attached hydrogens (tertiary/aromatic N) is 1. The Bertz CT molecular complexity index is 892. The largest absolute Gasteiger partial charge is 0.327 e. The quantitative estimate of drug-likeness (QED) is 0.264. The first-order chi connectivity index (χ1) is 14.3. The number of hydrogen-bond donors (Lipinski definition) is 0. The van der Waals surface area contributed by atoms with Crippen molar-refractivity contribution in [3.05, 3.63) is 120 Å². The predicted molar refractivity (Wildman–Crippen MR) is 118 cm³/mol. The lowest BCUT2D eigenvalue weighted by Gasteiger charge is -2.47. The zero-order chi connectivity index (χ0) is 20.0. The molecule has 144 valence electrons. The second-order valence-electron chi connectivity index (χ2n) is 7.07. The highest BCUT2D eigenvalue weighted by molar-refractivity contribution is 7.17. The Morgan fingerprint density at radius 2 is 1.28 bits per heavy atom. The van der Waals surface area contributed by atoms with Gasteiger partial charge in [0.15, 0.2) is 0 Å². The summed E-state index contributed by atoms with van der Waals surface area (Å²) in [5, 5.41) is 0. The molecule has 0 saturated carbocycles. The molecular weight excluding hydrogens is 377 g/mol. The van der Waals surface area contributed by atoms with Crippen LogP contribution in [0.4, 0.5) is 0 Å². The van der Waals surface area contributed by atoms with Crippen LogP contribution < -0.4 is 0 Å². The topological polar surface area (TPSA) is 38.7 Å². The monoisotopic (exact) mass is 399 g/mol. The maximum Gasteiger partial charge on any atom is 0.327 e. The second kappa shape index (κ2) is 8.65. The fourth-order valence-corrected chi connectivity index (χ4v) is 4.70. The number of allylic oxidation sites excluding steroid dienone is 1. The molecule has 4 rings (SSSR count). The Hall–Kier alpha value is -2.87. The minimum absolute atomic E-state index is 0.310. The van der Waals surface area contributed by atoms with Crippen molar-refractivity contribution in [1.82, 2.24) is 0 Å². The summed E-state index contributed by atoms with van der Waals surface area (Å²) in [7, 11) is -0.310. The van der Waals surface area contributed by atoms with Crippen LogP contribution in [-0.2, 0) is 14.5 Å². The molecule has 1 aliphatic heterocycles. The third-order valence-corrected chi connectivity index (χ3v) is 5.95. The Morgan fingerprint density at radius 3 is 1.66 bits per heavy atom. The van der Waals surface area contributed by atoms with Crippen molar-refractivity contribution in [2.24, 2.45) is 4.99 Å². The van der Waals surface area contributed by atoms with Crippen molar-refractivity contribution in [2.45, 2.75) is 17.4 Å². The summed E-state index contributed by atoms with van der Waals surface area (Å²) in [6, 6.07) is 31.5. The van der Waals surface area contributed by atoms with Crippen LogP contribution in [0.5, 0.6) is 0 Å². The van der Waals surface area contributed by atoms with Gasteiger partial charge >= 0.3 is 8.69 Å². The van der Waals surface area contributed by atoms with Gasteiger partial charge in [0.2, 0.25) is 0 Å². The zero-order valence-corrected chi connectivity index (χ0v) is 16.9. The van der Waals surface area contributed by atoms with Crippen molar-refractivity contribution in [1.29, 1.82) is 0 Å². The highest BCUT2D eigenvalue weighted by atomic mass is 31.1. The van der Waals surface area contributed by atoms with Gasteiger partial charge in [0, 0.05) is 12.6 Å². The maximum absolute atomic E-state index is 11.0. The molecule has 0 radical (unpaired) electrons. The van der Waals surface area contributed by atoms with Crippen LogP contribution in [0.2, 0.25) is 0 Å². The fraction of sp³-hybridized carbons (Fsp3) is 0.160. The molecule has 1 heterocycles. The maximum atomic E-state index is 11.0. The van der Waals surface area contributed by atoms with Gasteiger partial charge in [-0.1, -0.05) is 97.1 Å². The summed E-state index contributed by atoms with van der Waals surface area (Å²) in [6.45, 7) is 0.334. The van der Waals surface area contributed by atoms with Crippen molar-refractivity contribution in [3.8, 4) is 0 Å². The smallest absolute Gasteiger partial charge is 0.294 e.